The van der Waals surface area contributed by atoms with Crippen LogP contribution in [0.15, 0.2) is 48.5 Å². The lowest BCUT2D eigenvalue weighted by atomic mass is 10.2. The Balaban J connectivity index is 1.74. The molecule has 1 N–H and O–H groups in total. The first-order valence-electron chi connectivity index (χ1n) is 8.54. The average molecular weight is 345 g/mol. The number of carbonyl (C=O) groups is 1. The highest BCUT2D eigenvalue weighted by molar-refractivity contribution is 5.81. The number of hydrogen-bond acceptors (Lipinski definition) is 3. The molecule has 0 spiro atoms. The summed E-state index contributed by atoms with van der Waals surface area (Å²) in [5.74, 6) is 0.697. The first-order valence-corrected chi connectivity index (χ1v) is 8.54. The lowest BCUT2D eigenvalue weighted by Gasteiger charge is -2.17. The number of halogens is 1. The highest BCUT2D eigenvalue weighted by Crippen LogP contribution is 2.15. The van der Waals surface area contributed by atoms with Crippen LogP contribution in [0.25, 0.3) is 0 Å². The number of rotatable bonds is 9. The van der Waals surface area contributed by atoms with E-state index in [0.717, 1.165) is 12.2 Å². The van der Waals surface area contributed by atoms with Gasteiger partial charge in [0.2, 0.25) is 0 Å². The van der Waals surface area contributed by atoms with Crippen molar-refractivity contribution in [2.75, 3.05) is 13.2 Å². The maximum atomic E-state index is 12.9. The number of aryl methyl sites for hydroxylation is 1. The van der Waals surface area contributed by atoms with Gasteiger partial charge in [-0.3, -0.25) is 4.79 Å². The van der Waals surface area contributed by atoms with Crippen LogP contribution < -0.4 is 14.8 Å². The number of nitrogens with one attached hydrogen (secondary N) is 1. The van der Waals surface area contributed by atoms with E-state index in [0.29, 0.717) is 25.3 Å². The van der Waals surface area contributed by atoms with E-state index in [4.69, 9.17) is 9.47 Å². The molecule has 0 saturated carbocycles. The second-order valence-electron chi connectivity index (χ2n) is 5.61. The van der Waals surface area contributed by atoms with E-state index in [1.807, 2.05) is 31.2 Å². The Labute approximate surface area is 148 Å². The van der Waals surface area contributed by atoms with Crippen molar-refractivity contribution in [1.29, 1.82) is 0 Å². The minimum absolute atomic E-state index is 0.211. The van der Waals surface area contributed by atoms with Crippen LogP contribution in [0, 0.1) is 5.82 Å². The zero-order chi connectivity index (χ0) is 18.1. The minimum atomic E-state index is -0.616. The van der Waals surface area contributed by atoms with E-state index in [2.05, 4.69) is 12.2 Å². The van der Waals surface area contributed by atoms with Crippen LogP contribution in [0.4, 0.5) is 4.39 Å². The van der Waals surface area contributed by atoms with Gasteiger partial charge in [-0.25, -0.2) is 4.39 Å². The Bertz CT molecular complexity index is 656. The van der Waals surface area contributed by atoms with Gasteiger partial charge >= 0.3 is 0 Å². The van der Waals surface area contributed by atoms with E-state index >= 15 is 0 Å². The maximum Gasteiger partial charge on any atom is 0.261 e. The van der Waals surface area contributed by atoms with Crippen molar-refractivity contribution in [3.63, 3.8) is 0 Å². The molecule has 0 radical (unpaired) electrons. The molecule has 0 unspecified atom stereocenters. The highest BCUT2D eigenvalue weighted by atomic mass is 19.1. The summed E-state index contributed by atoms with van der Waals surface area (Å²) >= 11 is 0. The van der Waals surface area contributed by atoms with Crippen molar-refractivity contribution < 1.29 is 18.7 Å². The van der Waals surface area contributed by atoms with Crippen LogP contribution in [0.2, 0.25) is 0 Å². The first-order chi connectivity index (χ1) is 12.1. The fraction of sp³-hybridized carbons (Fsp3) is 0.350. The molecule has 0 fully saturated rings. The zero-order valence-corrected chi connectivity index (χ0v) is 14.6. The summed E-state index contributed by atoms with van der Waals surface area (Å²) in [4.78, 5) is 12.2. The molecule has 5 heteroatoms. The summed E-state index contributed by atoms with van der Waals surface area (Å²) in [6.45, 7) is 4.73. The number of benzene rings is 2. The van der Waals surface area contributed by atoms with Crippen LogP contribution in [0.1, 0.15) is 25.8 Å². The van der Waals surface area contributed by atoms with Crippen LogP contribution in [-0.4, -0.2) is 25.2 Å². The standard InChI is InChI=1S/C20H24FNO3/c1-3-15-5-9-17(10-6-15)24-14-13-22-20(23)19(4-2)25-18-11-7-16(21)8-12-18/h5-12,19H,3-4,13-14H2,1-2H3,(H,22,23)/t19-/m1/s1. The van der Waals surface area contributed by atoms with Crippen molar-refractivity contribution in [3.8, 4) is 11.5 Å². The van der Waals surface area contributed by atoms with E-state index < -0.39 is 6.10 Å². The molecule has 25 heavy (non-hydrogen) atoms. The third kappa shape index (κ3) is 6.10. The third-order valence-electron chi connectivity index (χ3n) is 3.76. The quantitative estimate of drug-likeness (QED) is 0.704. The summed E-state index contributed by atoms with van der Waals surface area (Å²) in [5.41, 5.74) is 1.25. The SMILES string of the molecule is CCc1ccc(OCCNC(=O)[C@@H](CC)Oc2ccc(F)cc2)cc1. The molecule has 134 valence electrons. The molecular weight excluding hydrogens is 321 g/mol. The largest absolute Gasteiger partial charge is 0.492 e. The number of carbonyl (C=O) groups excluding carboxylic acids is 1. The van der Waals surface area contributed by atoms with Gasteiger partial charge in [0.15, 0.2) is 6.10 Å². The van der Waals surface area contributed by atoms with Gasteiger partial charge in [0.05, 0.1) is 6.54 Å². The van der Waals surface area contributed by atoms with Gasteiger partial charge in [-0.15, -0.1) is 0 Å². The van der Waals surface area contributed by atoms with E-state index in [-0.39, 0.29) is 11.7 Å². The molecule has 1 atom stereocenters. The molecule has 0 aromatic heterocycles. The van der Waals surface area contributed by atoms with Crippen LogP contribution in [0.5, 0.6) is 11.5 Å². The summed E-state index contributed by atoms with van der Waals surface area (Å²) < 4.78 is 24.1. The monoisotopic (exact) mass is 345 g/mol. The van der Waals surface area contributed by atoms with Gasteiger partial charge in [0.25, 0.3) is 5.91 Å². The third-order valence-corrected chi connectivity index (χ3v) is 3.76. The summed E-state index contributed by atoms with van der Waals surface area (Å²) in [6, 6.07) is 13.5. The minimum Gasteiger partial charge on any atom is -0.492 e. The number of hydrogen-bond donors (Lipinski definition) is 1. The zero-order valence-electron chi connectivity index (χ0n) is 14.6. The van der Waals surface area contributed by atoms with Crippen LogP contribution in [0.3, 0.4) is 0 Å². The second kappa shape index (κ2) is 9.67. The average Bonchev–Trinajstić information content (AvgIpc) is 2.65. The maximum absolute atomic E-state index is 12.9. The van der Waals surface area contributed by atoms with Gasteiger partial charge in [0.1, 0.15) is 23.9 Å². The van der Waals surface area contributed by atoms with Crippen molar-refractivity contribution >= 4 is 5.91 Å². The van der Waals surface area contributed by atoms with Crippen molar-refractivity contribution in [2.24, 2.45) is 0 Å². The molecule has 2 aromatic rings. The van der Waals surface area contributed by atoms with Gasteiger partial charge < -0.3 is 14.8 Å². The Morgan fingerprint density at radius 3 is 2.28 bits per heavy atom. The molecule has 0 saturated heterocycles. The van der Waals surface area contributed by atoms with Gasteiger partial charge in [-0.1, -0.05) is 26.0 Å². The van der Waals surface area contributed by atoms with Gasteiger partial charge in [-0.05, 0) is 54.8 Å². The predicted octanol–water partition coefficient (Wildman–Crippen LogP) is 3.74. The smallest absolute Gasteiger partial charge is 0.261 e. The van der Waals surface area contributed by atoms with Gasteiger partial charge in [-0.2, -0.15) is 0 Å². The van der Waals surface area contributed by atoms with E-state index in [1.165, 1.54) is 29.8 Å². The number of ether oxygens (including phenoxy) is 2. The topological polar surface area (TPSA) is 47.6 Å². The second-order valence-corrected chi connectivity index (χ2v) is 5.61. The van der Waals surface area contributed by atoms with Crippen LogP contribution in [-0.2, 0) is 11.2 Å². The molecule has 0 aliphatic rings. The molecule has 0 bridgehead atoms. The van der Waals surface area contributed by atoms with Crippen molar-refractivity contribution in [2.45, 2.75) is 32.8 Å². The molecule has 2 aromatic carbocycles. The molecule has 0 heterocycles. The molecule has 1 amide bonds. The molecule has 0 aliphatic carbocycles. The Morgan fingerprint density at radius 2 is 1.68 bits per heavy atom. The van der Waals surface area contributed by atoms with E-state index in [9.17, 15) is 9.18 Å². The summed E-state index contributed by atoms with van der Waals surface area (Å²) in [7, 11) is 0. The summed E-state index contributed by atoms with van der Waals surface area (Å²) in [5, 5.41) is 2.80. The lowest BCUT2D eigenvalue weighted by Crippen LogP contribution is -2.39. The normalized spacial score (nSPS) is 11.6. The van der Waals surface area contributed by atoms with Crippen LogP contribution >= 0.6 is 0 Å². The highest BCUT2D eigenvalue weighted by Gasteiger charge is 2.17. The molecule has 2 rings (SSSR count). The van der Waals surface area contributed by atoms with Gasteiger partial charge in [0, 0.05) is 0 Å². The Morgan fingerprint density at radius 1 is 1.04 bits per heavy atom. The Kier molecular flexibility index (Phi) is 7.26. The van der Waals surface area contributed by atoms with Crippen molar-refractivity contribution in [3.05, 3.63) is 59.9 Å². The first kappa shape index (κ1) is 18.8. The fourth-order valence-corrected chi connectivity index (χ4v) is 2.28. The number of amides is 1. The van der Waals surface area contributed by atoms with E-state index in [1.54, 1.807) is 0 Å². The Hall–Kier alpha value is -2.56. The predicted molar refractivity (Wildman–Crippen MR) is 95.4 cm³/mol. The lowest BCUT2D eigenvalue weighted by molar-refractivity contribution is -0.128. The molecule has 0 aliphatic heterocycles. The molecule has 4 nitrogen and oxygen atoms in total. The molecular formula is C20H24FNO3. The van der Waals surface area contributed by atoms with Crippen molar-refractivity contribution in [1.82, 2.24) is 5.32 Å². The summed E-state index contributed by atoms with van der Waals surface area (Å²) in [6.07, 6.45) is 0.889. The fourth-order valence-electron chi connectivity index (χ4n) is 2.28.